The summed E-state index contributed by atoms with van der Waals surface area (Å²) in [6.45, 7) is 7.70. The van der Waals surface area contributed by atoms with Gasteiger partial charge >= 0.3 is 0 Å². The first-order valence-electron chi connectivity index (χ1n) is 6.96. The average Bonchev–Trinajstić information content (AvgIpc) is 2.51. The lowest BCUT2D eigenvalue weighted by atomic mass is 9.99. The first-order valence-corrected chi connectivity index (χ1v) is 6.96. The average molecular weight is 274 g/mol. The van der Waals surface area contributed by atoms with Crippen LogP contribution in [0.1, 0.15) is 38.8 Å². The van der Waals surface area contributed by atoms with Crippen LogP contribution < -0.4 is 0 Å². The Bertz CT molecular complexity index is 430. The standard InChI is InChI=1S/C9H12O.C7H8O.C2H6/c1-9(2,10)8-6-4-3-5-7-8;8-6-7-4-2-1-3-5-7;1-2/h3-7,10H,1-2H3;1-5,8H,6H2;1-2H3. The highest BCUT2D eigenvalue weighted by molar-refractivity contribution is 5.20. The van der Waals surface area contributed by atoms with Crippen LogP contribution >= 0.6 is 0 Å². The molecule has 20 heavy (non-hydrogen) atoms. The van der Waals surface area contributed by atoms with Gasteiger partial charge in [0.1, 0.15) is 0 Å². The first-order chi connectivity index (χ1) is 9.54. The first kappa shape index (κ1) is 18.4. The quantitative estimate of drug-likeness (QED) is 0.865. The van der Waals surface area contributed by atoms with Crippen LogP contribution in [0.5, 0.6) is 0 Å². The zero-order valence-electron chi connectivity index (χ0n) is 12.9. The van der Waals surface area contributed by atoms with Gasteiger partial charge in [-0.1, -0.05) is 74.5 Å². The molecule has 2 nitrogen and oxygen atoms in total. The van der Waals surface area contributed by atoms with Crippen molar-refractivity contribution in [3.05, 3.63) is 71.8 Å². The van der Waals surface area contributed by atoms with Crippen LogP contribution in [0.2, 0.25) is 0 Å². The van der Waals surface area contributed by atoms with Crippen LogP contribution in [0.3, 0.4) is 0 Å². The lowest BCUT2D eigenvalue weighted by molar-refractivity contribution is 0.0786. The molecular formula is C18H26O2. The molecule has 0 aromatic heterocycles. The molecule has 0 atom stereocenters. The summed E-state index contributed by atoms with van der Waals surface area (Å²) in [5, 5.41) is 18.0. The number of benzene rings is 2. The van der Waals surface area contributed by atoms with E-state index in [0.717, 1.165) is 11.1 Å². The minimum Gasteiger partial charge on any atom is -0.392 e. The second-order valence-electron chi connectivity index (χ2n) is 4.57. The molecule has 2 aromatic rings. The highest BCUT2D eigenvalue weighted by atomic mass is 16.3. The Balaban J connectivity index is 0.000000327. The van der Waals surface area contributed by atoms with Crippen molar-refractivity contribution < 1.29 is 10.2 Å². The largest absolute Gasteiger partial charge is 0.392 e. The molecule has 2 rings (SSSR count). The highest BCUT2D eigenvalue weighted by Gasteiger charge is 2.13. The molecule has 0 saturated carbocycles. The molecule has 0 bridgehead atoms. The molecule has 2 heteroatoms. The fourth-order valence-electron chi connectivity index (χ4n) is 1.43. The van der Waals surface area contributed by atoms with Crippen LogP contribution in [0, 0.1) is 0 Å². The molecule has 0 spiro atoms. The summed E-state index contributed by atoms with van der Waals surface area (Å²) in [6.07, 6.45) is 0. The van der Waals surface area contributed by atoms with Crippen molar-refractivity contribution in [2.24, 2.45) is 0 Å². The van der Waals surface area contributed by atoms with Gasteiger partial charge in [-0.05, 0) is 25.0 Å². The third-order valence-corrected chi connectivity index (χ3v) is 2.51. The van der Waals surface area contributed by atoms with Crippen LogP contribution in [-0.2, 0) is 12.2 Å². The van der Waals surface area contributed by atoms with E-state index >= 15 is 0 Å². The van der Waals surface area contributed by atoms with E-state index in [0.29, 0.717) is 0 Å². The van der Waals surface area contributed by atoms with Crippen LogP contribution in [0.4, 0.5) is 0 Å². The minimum absolute atomic E-state index is 0.140. The number of rotatable bonds is 2. The lowest BCUT2D eigenvalue weighted by Crippen LogP contribution is -2.14. The van der Waals surface area contributed by atoms with Crippen molar-refractivity contribution in [3.63, 3.8) is 0 Å². The zero-order chi connectivity index (χ0) is 15.4. The fourth-order valence-corrected chi connectivity index (χ4v) is 1.43. The summed E-state index contributed by atoms with van der Waals surface area (Å²) in [7, 11) is 0. The van der Waals surface area contributed by atoms with Crippen molar-refractivity contribution in [2.75, 3.05) is 0 Å². The topological polar surface area (TPSA) is 40.5 Å². The summed E-state index contributed by atoms with van der Waals surface area (Å²) >= 11 is 0. The van der Waals surface area contributed by atoms with Gasteiger partial charge in [0.15, 0.2) is 0 Å². The summed E-state index contributed by atoms with van der Waals surface area (Å²) in [5.74, 6) is 0. The molecule has 110 valence electrons. The van der Waals surface area contributed by atoms with E-state index in [2.05, 4.69) is 0 Å². The second-order valence-corrected chi connectivity index (χ2v) is 4.57. The van der Waals surface area contributed by atoms with E-state index < -0.39 is 5.60 Å². The van der Waals surface area contributed by atoms with E-state index in [1.165, 1.54) is 0 Å². The van der Waals surface area contributed by atoms with Gasteiger partial charge in [0, 0.05) is 0 Å². The second kappa shape index (κ2) is 10.2. The maximum absolute atomic E-state index is 9.49. The summed E-state index contributed by atoms with van der Waals surface area (Å²) in [6, 6.07) is 19.1. The Hall–Kier alpha value is -1.64. The molecule has 0 radical (unpaired) electrons. The smallest absolute Gasteiger partial charge is 0.0840 e. The van der Waals surface area contributed by atoms with E-state index in [9.17, 15) is 5.11 Å². The highest BCUT2D eigenvalue weighted by Crippen LogP contribution is 2.17. The molecule has 0 aliphatic carbocycles. The number of hydrogen-bond donors (Lipinski definition) is 2. The fraction of sp³-hybridized carbons (Fsp3) is 0.333. The maximum Gasteiger partial charge on any atom is 0.0840 e. The Morgan fingerprint density at radius 1 is 0.800 bits per heavy atom. The third-order valence-electron chi connectivity index (χ3n) is 2.51. The van der Waals surface area contributed by atoms with Crippen LogP contribution in [0.25, 0.3) is 0 Å². The van der Waals surface area contributed by atoms with E-state index in [1.807, 2.05) is 74.5 Å². The normalized spacial score (nSPS) is 9.70. The monoisotopic (exact) mass is 274 g/mol. The van der Waals surface area contributed by atoms with Gasteiger partial charge in [0.2, 0.25) is 0 Å². The van der Waals surface area contributed by atoms with Crippen molar-refractivity contribution in [1.82, 2.24) is 0 Å². The molecule has 0 heterocycles. The zero-order valence-corrected chi connectivity index (χ0v) is 12.9. The van der Waals surface area contributed by atoms with Gasteiger partial charge in [0.25, 0.3) is 0 Å². The molecule has 0 aliphatic heterocycles. The van der Waals surface area contributed by atoms with Gasteiger partial charge in [-0.3, -0.25) is 0 Å². The Kier molecular flexibility index (Phi) is 9.35. The maximum atomic E-state index is 9.49. The van der Waals surface area contributed by atoms with Crippen molar-refractivity contribution in [2.45, 2.75) is 39.9 Å². The number of hydrogen-bond acceptors (Lipinski definition) is 2. The van der Waals surface area contributed by atoms with E-state index in [1.54, 1.807) is 13.8 Å². The molecule has 0 unspecified atom stereocenters. The minimum atomic E-state index is -0.707. The van der Waals surface area contributed by atoms with E-state index in [-0.39, 0.29) is 6.61 Å². The molecule has 0 amide bonds. The van der Waals surface area contributed by atoms with Crippen LogP contribution in [0.15, 0.2) is 60.7 Å². The lowest BCUT2D eigenvalue weighted by Gasteiger charge is -2.16. The van der Waals surface area contributed by atoms with Crippen LogP contribution in [-0.4, -0.2) is 10.2 Å². The van der Waals surface area contributed by atoms with Crippen molar-refractivity contribution >= 4 is 0 Å². The SMILES string of the molecule is CC.CC(C)(O)c1ccccc1.OCc1ccccc1. The summed E-state index contributed by atoms with van der Waals surface area (Å²) in [5.41, 5.74) is 1.21. The Morgan fingerprint density at radius 3 is 1.45 bits per heavy atom. The van der Waals surface area contributed by atoms with Gasteiger partial charge < -0.3 is 10.2 Å². The van der Waals surface area contributed by atoms with Crippen molar-refractivity contribution in [3.8, 4) is 0 Å². The van der Waals surface area contributed by atoms with Gasteiger partial charge in [-0.25, -0.2) is 0 Å². The third kappa shape index (κ3) is 7.72. The Labute approximate surface area is 122 Å². The van der Waals surface area contributed by atoms with Crippen molar-refractivity contribution in [1.29, 1.82) is 0 Å². The molecule has 0 fully saturated rings. The van der Waals surface area contributed by atoms with E-state index in [4.69, 9.17) is 5.11 Å². The molecule has 0 aliphatic rings. The number of aliphatic hydroxyl groups is 2. The number of aliphatic hydroxyl groups excluding tert-OH is 1. The molecule has 2 aromatic carbocycles. The van der Waals surface area contributed by atoms with Gasteiger partial charge in [-0.2, -0.15) is 0 Å². The van der Waals surface area contributed by atoms with Gasteiger partial charge in [0.05, 0.1) is 12.2 Å². The van der Waals surface area contributed by atoms with Gasteiger partial charge in [-0.15, -0.1) is 0 Å². The molecule has 2 N–H and O–H groups in total. The predicted octanol–water partition coefficient (Wildman–Crippen LogP) is 4.12. The summed E-state index contributed by atoms with van der Waals surface area (Å²) < 4.78 is 0. The molecule has 0 saturated heterocycles. The molecular weight excluding hydrogens is 248 g/mol. The summed E-state index contributed by atoms with van der Waals surface area (Å²) in [4.78, 5) is 0. The Morgan fingerprint density at radius 2 is 1.20 bits per heavy atom. The predicted molar refractivity (Wildman–Crippen MR) is 85.4 cm³/mol.